The molecule has 108 valence electrons. The third-order valence-corrected chi connectivity index (χ3v) is 3.32. The topological polar surface area (TPSA) is 47.3 Å². The monoisotopic (exact) mass is 264 g/mol. The normalized spacial score (nSPS) is 10.6. The predicted octanol–water partition coefficient (Wildman–Crippen LogP) is 3.38. The minimum Gasteiger partial charge on any atom is -0.495 e. The van der Waals surface area contributed by atoms with E-state index in [0.29, 0.717) is 0 Å². The quantitative estimate of drug-likeness (QED) is 0.503. The van der Waals surface area contributed by atoms with Gasteiger partial charge in [0.25, 0.3) is 0 Å². The molecule has 0 aromatic heterocycles. The first kappa shape index (κ1) is 15.8. The number of methoxy groups -OCH3 is 1. The summed E-state index contributed by atoms with van der Waals surface area (Å²) in [6, 6.07) is 6.05. The van der Waals surface area contributed by atoms with Crippen LogP contribution in [-0.2, 0) is 6.42 Å². The van der Waals surface area contributed by atoms with Gasteiger partial charge in [0.05, 0.1) is 12.8 Å². The lowest BCUT2D eigenvalue weighted by Crippen LogP contribution is -2.17. The molecule has 0 aliphatic heterocycles. The van der Waals surface area contributed by atoms with Crippen molar-refractivity contribution in [2.75, 3.05) is 25.9 Å². The molecule has 3 heteroatoms. The van der Waals surface area contributed by atoms with Crippen molar-refractivity contribution in [3.8, 4) is 5.75 Å². The summed E-state index contributed by atoms with van der Waals surface area (Å²) in [5.74, 6) is 0.762. The highest BCUT2D eigenvalue weighted by atomic mass is 16.5. The molecule has 0 saturated carbocycles. The number of ether oxygens (including phenoxy) is 1. The molecule has 0 radical (unpaired) electrons. The second-order valence-corrected chi connectivity index (χ2v) is 4.99. The van der Waals surface area contributed by atoms with E-state index in [4.69, 9.17) is 10.5 Å². The Balaban J connectivity index is 2.11. The highest BCUT2D eigenvalue weighted by Crippen LogP contribution is 2.22. The van der Waals surface area contributed by atoms with E-state index >= 15 is 0 Å². The number of hydrogen-bond acceptors (Lipinski definition) is 3. The molecule has 0 saturated heterocycles. The average molecular weight is 264 g/mol. The van der Waals surface area contributed by atoms with Crippen LogP contribution in [0.5, 0.6) is 5.75 Å². The van der Waals surface area contributed by atoms with Crippen LogP contribution in [-0.4, -0.2) is 20.2 Å². The van der Waals surface area contributed by atoms with Gasteiger partial charge in [0.2, 0.25) is 0 Å². The fourth-order valence-corrected chi connectivity index (χ4v) is 2.16. The minimum absolute atomic E-state index is 0.729. The number of rotatable bonds is 10. The van der Waals surface area contributed by atoms with Crippen LogP contribution in [0.4, 0.5) is 5.69 Å². The van der Waals surface area contributed by atoms with Gasteiger partial charge in [-0.05, 0) is 50.0 Å². The molecule has 1 aromatic rings. The lowest BCUT2D eigenvalue weighted by Gasteiger charge is -2.08. The smallest absolute Gasteiger partial charge is 0.141 e. The summed E-state index contributed by atoms with van der Waals surface area (Å²) in [7, 11) is 1.65. The largest absolute Gasteiger partial charge is 0.495 e. The molecule has 0 aliphatic carbocycles. The summed E-state index contributed by atoms with van der Waals surface area (Å²) in [6.45, 7) is 4.47. The highest BCUT2D eigenvalue weighted by molar-refractivity contribution is 5.54. The highest BCUT2D eigenvalue weighted by Gasteiger charge is 2.00. The zero-order valence-electron chi connectivity index (χ0n) is 12.4. The van der Waals surface area contributed by atoms with Gasteiger partial charge in [-0.1, -0.05) is 32.3 Å². The number of unbranched alkanes of at least 4 members (excludes halogenated alkanes) is 3. The summed E-state index contributed by atoms with van der Waals surface area (Å²) in [5.41, 5.74) is 7.90. The average Bonchev–Trinajstić information content (AvgIpc) is 2.42. The van der Waals surface area contributed by atoms with Crippen LogP contribution in [0.1, 0.15) is 44.6 Å². The number of nitrogens with one attached hydrogen (secondary N) is 1. The van der Waals surface area contributed by atoms with Crippen LogP contribution in [0.25, 0.3) is 0 Å². The van der Waals surface area contributed by atoms with E-state index in [-0.39, 0.29) is 0 Å². The standard InChI is InChI=1S/C16H28N2O/c1-3-4-5-6-11-18-12-7-8-14-9-10-16(19-2)15(17)13-14/h9-10,13,18H,3-8,11-12,17H2,1-2H3. The lowest BCUT2D eigenvalue weighted by molar-refractivity contribution is 0.417. The molecule has 0 amide bonds. The van der Waals surface area contributed by atoms with Gasteiger partial charge in [-0.25, -0.2) is 0 Å². The first-order valence-corrected chi connectivity index (χ1v) is 7.41. The van der Waals surface area contributed by atoms with Crippen molar-refractivity contribution in [3.63, 3.8) is 0 Å². The first-order chi connectivity index (χ1) is 9.27. The van der Waals surface area contributed by atoms with E-state index in [0.717, 1.165) is 37.4 Å². The Morgan fingerprint density at radius 1 is 1.11 bits per heavy atom. The van der Waals surface area contributed by atoms with E-state index in [9.17, 15) is 0 Å². The van der Waals surface area contributed by atoms with Gasteiger partial charge in [-0.15, -0.1) is 0 Å². The number of hydrogen-bond donors (Lipinski definition) is 2. The Morgan fingerprint density at radius 2 is 1.89 bits per heavy atom. The number of aryl methyl sites for hydroxylation is 1. The SMILES string of the molecule is CCCCCCNCCCc1ccc(OC)c(N)c1. The number of benzene rings is 1. The Bertz CT molecular complexity index is 353. The second-order valence-electron chi connectivity index (χ2n) is 4.99. The zero-order valence-corrected chi connectivity index (χ0v) is 12.4. The van der Waals surface area contributed by atoms with Crippen molar-refractivity contribution in [2.45, 2.75) is 45.4 Å². The van der Waals surface area contributed by atoms with Crippen molar-refractivity contribution >= 4 is 5.69 Å². The van der Waals surface area contributed by atoms with Crippen molar-refractivity contribution in [2.24, 2.45) is 0 Å². The fourth-order valence-electron chi connectivity index (χ4n) is 2.16. The Labute approximate surface area is 117 Å². The van der Waals surface area contributed by atoms with Gasteiger partial charge in [0, 0.05) is 0 Å². The molecule has 19 heavy (non-hydrogen) atoms. The third-order valence-electron chi connectivity index (χ3n) is 3.32. The zero-order chi connectivity index (χ0) is 13.9. The predicted molar refractivity (Wildman–Crippen MR) is 82.7 cm³/mol. The molecule has 0 bridgehead atoms. The van der Waals surface area contributed by atoms with Crippen molar-refractivity contribution in [1.29, 1.82) is 0 Å². The van der Waals surface area contributed by atoms with Crippen LogP contribution < -0.4 is 15.8 Å². The molecule has 0 spiro atoms. The van der Waals surface area contributed by atoms with Crippen LogP contribution in [0.15, 0.2) is 18.2 Å². The molecule has 0 aliphatic rings. The van der Waals surface area contributed by atoms with E-state index in [1.165, 1.54) is 31.2 Å². The summed E-state index contributed by atoms with van der Waals surface area (Å²) >= 11 is 0. The second kappa shape index (κ2) is 9.68. The van der Waals surface area contributed by atoms with Crippen LogP contribution in [0.2, 0.25) is 0 Å². The molecule has 1 aromatic carbocycles. The molecule has 1 rings (SSSR count). The van der Waals surface area contributed by atoms with Gasteiger partial charge < -0.3 is 15.8 Å². The van der Waals surface area contributed by atoms with E-state index in [1.54, 1.807) is 7.11 Å². The van der Waals surface area contributed by atoms with Gasteiger partial charge in [0.1, 0.15) is 5.75 Å². The fraction of sp³-hybridized carbons (Fsp3) is 0.625. The molecule has 0 fully saturated rings. The van der Waals surface area contributed by atoms with E-state index in [1.807, 2.05) is 12.1 Å². The molecule has 3 nitrogen and oxygen atoms in total. The molecule has 0 heterocycles. The van der Waals surface area contributed by atoms with Crippen molar-refractivity contribution < 1.29 is 4.74 Å². The van der Waals surface area contributed by atoms with Crippen molar-refractivity contribution in [1.82, 2.24) is 5.32 Å². The third kappa shape index (κ3) is 6.48. The summed E-state index contributed by atoms with van der Waals surface area (Å²) in [5, 5.41) is 3.50. The van der Waals surface area contributed by atoms with Crippen molar-refractivity contribution in [3.05, 3.63) is 23.8 Å². The maximum Gasteiger partial charge on any atom is 0.141 e. The van der Waals surface area contributed by atoms with Crippen LogP contribution >= 0.6 is 0 Å². The number of nitrogens with two attached hydrogens (primary N) is 1. The maximum atomic E-state index is 5.89. The maximum absolute atomic E-state index is 5.89. The van der Waals surface area contributed by atoms with Gasteiger partial charge in [0.15, 0.2) is 0 Å². The number of anilines is 1. The molecule has 3 N–H and O–H groups in total. The van der Waals surface area contributed by atoms with Crippen LogP contribution in [0.3, 0.4) is 0 Å². The van der Waals surface area contributed by atoms with E-state index < -0.39 is 0 Å². The number of nitrogen functional groups attached to an aromatic ring is 1. The first-order valence-electron chi connectivity index (χ1n) is 7.41. The molecular formula is C16H28N2O. The van der Waals surface area contributed by atoms with Gasteiger partial charge >= 0.3 is 0 Å². The Hall–Kier alpha value is -1.22. The van der Waals surface area contributed by atoms with Gasteiger partial charge in [-0.2, -0.15) is 0 Å². The Kier molecular flexibility index (Phi) is 8.07. The van der Waals surface area contributed by atoms with E-state index in [2.05, 4.69) is 18.3 Å². The molecule has 0 unspecified atom stereocenters. The lowest BCUT2D eigenvalue weighted by atomic mass is 10.1. The van der Waals surface area contributed by atoms with Crippen LogP contribution in [0, 0.1) is 0 Å². The summed E-state index contributed by atoms with van der Waals surface area (Å²) in [4.78, 5) is 0. The summed E-state index contributed by atoms with van der Waals surface area (Å²) in [6.07, 6.45) is 7.52. The molecular weight excluding hydrogens is 236 g/mol. The summed E-state index contributed by atoms with van der Waals surface area (Å²) < 4.78 is 5.15. The minimum atomic E-state index is 0.729. The van der Waals surface area contributed by atoms with Gasteiger partial charge in [-0.3, -0.25) is 0 Å². The molecule has 0 atom stereocenters. The Morgan fingerprint density at radius 3 is 2.58 bits per heavy atom.